The number of benzene rings is 1. The fourth-order valence-electron chi connectivity index (χ4n) is 2.73. The minimum absolute atomic E-state index is 0.588. The normalized spacial score (nSPS) is 16.2. The third kappa shape index (κ3) is 3.20. The van der Waals surface area contributed by atoms with E-state index in [9.17, 15) is 0 Å². The second-order valence-electron chi connectivity index (χ2n) is 5.14. The largest absolute Gasteiger partial charge is 0.493 e. The van der Waals surface area contributed by atoms with E-state index in [-0.39, 0.29) is 0 Å². The lowest BCUT2D eigenvalue weighted by Gasteiger charge is -2.25. The molecule has 1 aromatic heterocycles. The molecule has 1 fully saturated rings. The Kier molecular flexibility index (Phi) is 4.33. The molecule has 0 radical (unpaired) electrons. The van der Waals surface area contributed by atoms with Crippen LogP contribution in [0.25, 0.3) is 0 Å². The predicted octanol–water partition coefficient (Wildman–Crippen LogP) is 2.43. The standard InChI is InChI=1S/C16H21N3O/c1-2-4-15(5-3-1)20-13-8-16-18-11-12-19(16)14-6-9-17-10-7-14/h1-5,11-12,14,17H,6-10,13H2. The average molecular weight is 271 g/mol. The Balaban J connectivity index is 1.56. The fraction of sp³-hybridized carbons (Fsp3) is 0.438. The molecule has 0 aliphatic carbocycles. The molecule has 0 saturated carbocycles. The van der Waals surface area contributed by atoms with Gasteiger partial charge in [0.05, 0.1) is 6.61 Å². The Labute approximate surface area is 119 Å². The molecule has 106 valence electrons. The van der Waals surface area contributed by atoms with E-state index in [1.165, 1.54) is 12.8 Å². The zero-order valence-corrected chi connectivity index (χ0v) is 11.7. The van der Waals surface area contributed by atoms with Crippen LogP contribution in [0.15, 0.2) is 42.7 Å². The first-order valence-corrected chi connectivity index (χ1v) is 7.34. The van der Waals surface area contributed by atoms with E-state index in [0.717, 1.165) is 31.1 Å². The van der Waals surface area contributed by atoms with Crippen molar-refractivity contribution in [3.05, 3.63) is 48.5 Å². The van der Waals surface area contributed by atoms with Crippen LogP contribution in [0.1, 0.15) is 24.7 Å². The number of nitrogens with one attached hydrogen (secondary N) is 1. The van der Waals surface area contributed by atoms with Crippen molar-refractivity contribution in [2.45, 2.75) is 25.3 Å². The van der Waals surface area contributed by atoms with Gasteiger partial charge in [-0.1, -0.05) is 18.2 Å². The molecule has 1 aromatic carbocycles. The van der Waals surface area contributed by atoms with E-state index in [0.29, 0.717) is 12.6 Å². The molecule has 1 saturated heterocycles. The molecule has 0 bridgehead atoms. The summed E-state index contributed by atoms with van der Waals surface area (Å²) in [5.74, 6) is 2.06. The summed E-state index contributed by atoms with van der Waals surface area (Å²) >= 11 is 0. The van der Waals surface area contributed by atoms with E-state index in [4.69, 9.17) is 4.74 Å². The van der Waals surface area contributed by atoms with Gasteiger partial charge in [-0.25, -0.2) is 4.98 Å². The third-order valence-corrected chi connectivity index (χ3v) is 3.79. The van der Waals surface area contributed by atoms with Gasteiger partial charge in [0.1, 0.15) is 11.6 Å². The van der Waals surface area contributed by atoms with Crippen LogP contribution < -0.4 is 10.1 Å². The lowest BCUT2D eigenvalue weighted by Crippen LogP contribution is -2.30. The van der Waals surface area contributed by atoms with Crippen molar-refractivity contribution in [2.75, 3.05) is 19.7 Å². The number of hydrogen-bond donors (Lipinski definition) is 1. The molecule has 20 heavy (non-hydrogen) atoms. The van der Waals surface area contributed by atoms with Gasteiger partial charge < -0.3 is 14.6 Å². The lowest BCUT2D eigenvalue weighted by molar-refractivity contribution is 0.307. The molecule has 4 nitrogen and oxygen atoms in total. The maximum Gasteiger partial charge on any atom is 0.119 e. The highest BCUT2D eigenvalue weighted by Gasteiger charge is 2.17. The number of imidazole rings is 1. The van der Waals surface area contributed by atoms with Crippen LogP contribution in [0.2, 0.25) is 0 Å². The molecule has 0 amide bonds. The maximum absolute atomic E-state index is 5.76. The molecule has 2 heterocycles. The number of para-hydroxylation sites is 1. The molecule has 1 aliphatic rings. The Bertz CT molecular complexity index is 518. The summed E-state index contributed by atoms with van der Waals surface area (Å²) in [6.07, 6.45) is 7.23. The van der Waals surface area contributed by atoms with Gasteiger partial charge in [-0.05, 0) is 38.1 Å². The average Bonchev–Trinajstić information content (AvgIpc) is 2.98. The van der Waals surface area contributed by atoms with Crippen molar-refractivity contribution in [1.82, 2.24) is 14.9 Å². The number of aromatic nitrogens is 2. The molecule has 2 aromatic rings. The highest BCUT2D eigenvalue weighted by Crippen LogP contribution is 2.20. The molecule has 1 N–H and O–H groups in total. The summed E-state index contributed by atoms with van der Waals surface area (Å²) in [6.45, 7) is 2.87. The Morgan fingerprint density at radius 1 is 1.20 bits per heavy atom. The number of piperidine rings is 1. The van der Waals surface area contributed by atoms with Gasteiger partial charge in [0.25, 0.3) is 0 Å². The first-order chi connectivity index (χ1) is 9.93. The summed E-state index contributed by atoms with van der Waals surface area (Å²) in [4.78, 5) is 4.49. The zero-order chi connectivity index (χ0) is 13.6. The van der Waals surface area contributed by atoms with Crippen molar-refractivity contribution in [1.29, 1.82) is 0 Å². The number of hydrogen-bond acceptors (Lipinski definition) is 3. The van der Waals surface area contributed by atoms with Crippen molar-refractivity contribution in [2.24, 2.45) is 0 Å². The summed E-state index contributed by atoms with van der Waals surface area (Å²) in [5, 5.41) is 3.40. The Morgan fingerprint density at radius 3 is 2.80 bits per heavy atom. The zero-order valence-electron chi connectivity index (χ0n) is 11.7. The second kappa shape index (κ2) is 6.57. The van der Waals surface area contributed by atoms with Gasteiger partial charge in [-0.3, -0.25) is 0 Å². The van der Waals surface area contributed by atoms with E-state index in [1.807, 2.05) is 36.5 Å². The van der Waals surface area contributed by atoms with Crippen molar-refractivity contribution < 1.29 is 4.74 Å². The SMILES string of the molecule is c1ccc(OCCc2nccn2C2CCNCC2)cc1. The van der Waals surface area contributed by atoms with Crippen LogP contribution in [0, 0.1) is 0 Å². The molecule has 0 unspecified atom stereocenters. The maximum atomic E-state index is 5.76. The quantitative estimate of drug-likeness (QED) is 0.908. The predicted molar refractivity (Wildman–Crippen MR) is 79.0 cm³/mol. The van der Waals surface area contributed by atoms with Gasteiger partial charge in [-0.2, -0.15) is 0 Å². The fourth-order valence-corrected chi connectivity index (χ4v) is 2.73. The molecule has 0 spiro atoms. The number of ether oxygens (including phenoxy) is 1. The molecule has 4 heteroatoms. The molecular formula is C16H21N3O. The van der Waals surface area contributed by atoms with Gasteiger partial charge in [-0.15, -0.1) is 0 Å². The number of rotatable bonds is 5. The van der Waals surface area contributed by atoms with Crippen molar-refractivity contribution in [3.8, 4) is 5.75 Å². The van der Waals surface area contributed by atoms with Crippen LogP contribution in [0.3, 0.4) is 0 Å². The highest BCUT2D eigenvalue weighted by atomic mass is 16.5. The van der Waals surface area contributed by atoms with E-state index in [1.54, 1.807) is 0 Å². The lowest BCUT2D eigenvalue weighted by atomic mass is 10.1. The van der Waals surface area contributed by atoms with E-state index >= 15 is 0 Å². The first kappa shape index (κ1) is 13.2. The summed E-state index contributed by atoms with van der Waals surface area (Å²) in [5.41, 5.74) is 0. The van der Waals surface area contributed by atoms with E-state index < -0.39 is 0 Å². The number of nitrogens with zero attached hydrogens (tertiary/aromatic N) is 2. The smallest absolute Gasteiger partial charge is 0.119 e. The van der Waals surface area contributed by atoms with Crippen LogP contribution in [-0.2, 0) is 6.42 Å². The van der Waals surface area contributed by atoms with Crippen LogP contribution in [0.5, 0.6) is 5.75 Å². The monoisotopic (exact) mass is 271 g/mol. The summed E-state index contributed by atoms with van der Waals surface area (Å²) in [7, 11) is 0. The minimum Gasteiger partial charge on any atom is -0.493 e. The molecule has 1 aliphatic heterocycles. The summed E-state index contributed by atoms with van der Waals surface area (Å²) < 4.78 is 8.08. The van der Waals surface area contributed by atoms with Crippen LogP contribution >= 0.6 is 0 Å². The minimum atomic E-state index is 0.588. The molecule has 3 rings (SSSR count). The molecule has 0 atom stereocenters. The Morgan fingerprint density at radius 2 is 2.00 bits per heavy atom. The summed E-state index contributed by atoms with van der Waals surface area (Å²) in [6, 6.07) is 10.5. The first-order valence-electron chi connectivity index (χ1n) is 7.34. The topological polar surface area (TPSA) is 39.1 Å². The van der Waals surface area contributed by atoms with E-state index in [2.05, 4.69) is 21.1 Å². The van der Waals surface area contributed by atoms with Crippen LogP contribution in [0.4, 0.5) is 0 Å². The van der Waals surface area contributed by atoms with Crippen molar-refractivity contribution >= 4 is 0 Å². The second-order valence-corrected chi connectivity index (χ2v) is 5.14. The van der Waals surface area contributed by atoms with Gasteiger partial charge >= 0.3 is 0 Å². The molecular weight excluding hydrogens is 250 g/mol. The third-order valence-electron chi connectivity index (χ3n) is 3.79. The van der Waals surface area contributed by atoms with Crippen molar-refractivity contribution in [3.63, 3.8) is 0 Å². The van der Waals surface area contributed by atoms with Gasteiger partial charge in [0, 0.05) is 24.9 Å². The Hall–Kier alpha value is -1.81. The van der Waals surface area contributed by atoms with Gasteiger partial charge in [0.15, 0.2) is 0 Å². The van der Waals surface area contributed by atoms with Crippen LogP contribution in [-0.4, -0.2) is 29.2 Å². The highest BCUT2D eigenvalue weighted by molar-refractivity contribution is 5.20. The van der Waals surface area contributed by atoms with Gasteiger partial charge in [0.2, 0.25) is 0 Å².